The Morgan fingerprint density at radius 3 is 2.59 bits per heavy atom. The molecule has 0 spiro atoms. The molecule has 7 heteroatoms. The lowest BCUT2D eigenvalue weighted by Gasteiger charge is -2.35. The van der Waals surface area contributed by atoms with Crippen LogP contribution < -0.4 is 15.0 Å². The molecule has 29 heavy (non-hydrogen) atoms. The van der Waals surface area contributed by atoms with E-state index in [0.29, 0.717) is 30.9 Å². The van der Waals surface area contributed by atoms with Crippen LogP contribution in [0.15, 0.2) is 54.6 Å². The summed E-state index contributed by atoms with van der Waals surface area (Å²) in [4.78, 5) is 40.7. The highest BCUT2D eigenvalue weighted by Gasteiger charge is 2.35. The monoisotopic (exact) mass is 393 g/mol. The quantitative estimate of drug-likeness (QED) is 0.839. The van der Waals surface area contributed by atoms with Crippen LogP contribution in [0.2, 0.25) is 0 Å². The summed E-state index contributed by atoms with van der Waals surface area (Å²) in [6.45, 7) is 1.11. The summed E-state index contributed by atoms with van der Waals surface area (Å²) >= 11 is 0. The van der Waals surface area contributed by atoms with Crippen LogP contribution >= 0.6 is 0 Å². The van der Waals surface area contributed by atoms with E-state index in [0.717, 1.165) is 12.0 Å². The molecule has 0 unspecified atom stereocenters. The minimum atomic E-state index is -0.813. The molecule has 0 aliphatic carbocycles. The zero-order valence-electron chi connectivity index (χ0n) is 16.0. The van der Waals surface area contributed by atoms with Crippen molar-refractivity contribution in [2.45, 2.75) is 25.5 Å². The van der Waals surface area contributed by atoms with Gasteiger partial charge in [0, 0.05) is 19.5 Å². The van der Waals surface area contributed by atoms with E-state index >= 15 is 0 Å². The number of rotatable bonds is 5. The van der Waals surface area contributed by atoms with Gasteiger partial charge in [-0.15, -0.1) is 0 Å². The van der Waals surface area contributed by atoms with Gasteiger partial charge in [0.05, 0.1) is 12.2 Å². The number of nitrogens with one attached hydrogen (secondary N) is 1. The summed E-state index contributed by atoms with van der Waals surface area (Å²) in [6, 6.07) is 16.8. The van der Waals surface area contributed by atoms with Crippen molar-refractivity contribution in [3.8, 4) is 5.75 Å². The smallest absolute Gasteiger partial charge is 0.263 e. The third-order valence-corrected chi connectivity index (χ3v) is 5.17. The third kappa shape index (κ3) is 4.23. The van der Waals surface area contributed by atoms with Crippen LogP contribution in [0.4, 0.5) is 5.69 Å². The van der Waals surface area contributed by atoms with Crippen molar-refractivity contribution in [1.29, 1.82) is 0 Å². The number of para-hydroxylation sites is 2. The molecule has 150 valence electrons. The second kappa shape index (κ2) is 8.34. The van der Waals surface area contributed by atoms with Crippen molar-refractivity contribution < 1.29 is 19.1 Å². The molecule has 2 heterocycles. The summed E-state index contributed by atoms with van der Waals surface area (Å²) in [5.74, 6) is -0.00739. The van der Waals surface area contributed by atoms with E-state index < -0.39 is 6.10 Å². The number of hydrogen-bond donors (Lipinski definition) is 1. The maximum Gasteiger partial charge on any atom is 0.263 e. The van der Waals surface area contributed by atoms with E-state index in [9.17, 15) is 14.4 Å². The number of anilines is 1. The molecule has 3 amide bonds. The Labute approximate surface area is 169 Å². The molecule has 1 N–H and O–H groups in total. The summed E-state index contributed by atoms with van der Waals surface area (Å²) in [7, 11) is 0. The number of ether oxygens (including phenoxy) is 1. The van der Waals surface area contributed by atoms with E-state index in [4.69, 9.17) is 4.74 Å². The van der Waals surface area contributed by atoms with Crippen LogP contribution in [-0.4, -0.2) is 48.4 Å². The second-order valence-corrected chi connectivity index (χ2v) is 7.20. The number of carbonyl (C=O) groups is 3. The first kappa shape index (κ1) is 19.0. The molecule has 2 aromatic rings. The van der Waals surface area contributed by atoms with Gasteiger partial charge in [-0.2, -0.15) is 0 Å². The fraction of sp³-hybridized carbons (Fsp3) is 0.318. The van der Waals surface area contributed by atoms with Crippen molar-refractivity contribution in [3.63, 3.8) is 0 Å². The van der Waals surface area contributed by atoms with Crippen LogP contribution in [0.1, 0.15) is 18.4 Å². The predicted octanol–water partition coefficient (Wildman–Crippen LogP) is 1.72. The van der Waals surface area contributed by atoms with Crippen LogP contribution in [0, 0.1) is 0 Å². The van der Waals surface area contributed by atoms with Crippen molar-refractivity contribution in [3.05, 3.63) is 60.2 Å². The molecule has 2 aliphatic heterocycles. The summed E-state index contributed by atoms with van der Waals surface area (Å²) in [5, 5.41) is 2.87. The molecule has 1 saturated heterocycles. The zero-order chi connectivity index (χ0) is 20.2. The van der Waals surface area contributed by atoms with Crippen molar-refractivity contribution in [1.82, 2.24) is 10.2 Å². The number of carbonyl (C=O) groups excluding carboxylic acids is 3. The molecule has 2 aliphatic rings. The van der Waals surface area contributed by atoms with Gasteiger partial charge in [-0.1, -0.05) is 42.5 Å². The van der Waals surface area contributed by atoms with Gasteiger partial charge in [-0.25, -0.2) is 0 Å². The summed E-state index contributed by atoms with van der Waals surface area (Å²) in [6.07, 6.45) is 0.445. The molecule has 1 fully saturated rings. The molecule has 0 aromatic heterocycles. The number of nitrogens with zero attached hydrogens (tertiary/aromatic N) is 2. The summed E-state index contributed by atoms with van der Waals surface area (Å²) < 4.78 is 5.87. The average Bonchev–Trinajstić information content (AvgIpc) is 3.16. The Morgan fingerprint density at radius 1 is 1.07 bits per heavy atom. The SMILES string of the molecule is O=C(NCc1ccccc1)[C@@H]1CN(C(=O)CN2CCCC2=O)c2ccccc2O1. The Kier molecular flexibility index (Phi) is 5.46. The lowest BCUT2D eigenvalue weighted by molar-refractivity contribution is -0.133. The lowest BCUT2D eigenvalue weighted by atomic mass is 10.1. The number of likely N-dealkylation sites (tertiary alicyclic amines) is 1. The molecule has 7 nitrogen and oxygen atoms in total. The predicted molar refractivity (Wildman–Crippen MR) is 107 cm³/mol. The number of hydrogen-bond acceptors (Lipinski definition) is 4. The molecule has 0 saturated carbocycles. The first-order valence-electron chi connectivity index (χ1n) is 9.77. The Bertz CT molecular complexity index is 915. The van der Waals surface area contributed by atoms with Crippen LogP contribution in [-0.2, 0) is 20.9 Å². The normalized spacial score (nSPS) is 18.2. The van der Waals surface area contributed by atoms with Crippen LogP contribution in [0.3, 0.4) is 0 Å². The maximum absolute atomic E-state index is 13.0. The van der Waals surface area contributed by atoms with Crippen LogP contribution in [0.25, 0.3) is 0 Å². The van der Waals surface area contributed by atoms with E-state index in [2.05, 4.69) is 5.32 Å². The standard InChI is InChI=1S/C22H23N3O4/c26-20-11-6-12-24(20)15-21(27)25-14-19(29-18-10-5-4-9-17(18)25)22(28)23-13-16-7-2-1-3-8-16/h1-5,7-10,19H,6,11-15H2,(H,23,28)/t19-/m0/s1. The fourth-order valence-corrected chi connectivity index (χ4v) is 3.63. The zero-order valence-corrected chi connectivity index (χ0v) is 16.0. The number of amides is 3. The highest BCUT2D eigenvalue weighted by Crippen LogP contribution is 2.33. The molecule has 0 bridgehead atoms. The van der Waals surface area contributed by atoms with E-state index in [1.54, 1.807) is 28.0 Å². The minimum Gasteiger partial charge on any atom is -0.477 e. The number of benzene rings is 2. The molecule has 1 atom stereocenters. The summed E-state index contributed by atoms with van der Waals surface area (Å²) in [5.41, 5.74) is 1.61. The first-order chi connectivity index (χ1) is 14.1. The van der Waals surface area contributed by atoms with Crippen molar-refractivity contribution >= 4 is 23.4 Å². The van der Waals surface area contributed by atoms with E-state index in [1.807, 2.05) is 36.4 Å². The van der Waals surface area contributed by atoms with Gasteiger partial charge in [-0.3, -0.25) is 14.4 Å². The minimum absolute atomic E-state index is 0.00273. The highest BCUT2D eigenvalue weighted by molar-refractivity contribution is 6.00. The second-order valence-electron chi connectivity index (χ2n) is 7.20. The highest BCUT2D eigenvalue weighted by atomic mass is 16.5. The topological polar surface area (TPSA) is 79.0 Å². The van der Waals surface area contributed by atoms with Gasteiger partial charge in [0.15, 0.2) is 6.10 Å². The van der Waals surface area contributed by atoms with Gasteiger partial charge in [-0.05, 0) is 24.1 Å². The molecule has 2 aromatic carbocycles. The van der Waals surface area contributed by atoms with Crippen molar-refractivity contribution in [2.75, 3.05) is 24.5 Å². The maximum atomic E-state index is 13.0. The Hall–Kier alpha value is -3.35. The van der Waals surface area contributed by atoms with Gasteiger partial charge in [0.25, 0.3) is 5.91 Å². The van der Waals surface area contributed by atoms with Gasteiger partial charge in [0.1, 0.15) is 12.3 Å². The van der Waals surface area contributed by atoms with Crippen LogP contribution in [0.5, 0.6) is 5.75 Å². The molecular weight excluding hydrogens is 370 g/mol. The van der Waals surface area contributed by atoms with Gasteiger partial charge in [0.2, 0.25) is 11.8 Å². The van der Waals surface area contributed by atoms with Gasteiger partial charge < -0.3 is 19.9 Å². The molecule has 4 rings (SSSR count). The van der Waals surface area contributed by atoms with E-state index in [-0.39, 0.29) is 30.8 Å². The first-order valence-corrected chi connectivity index (χ1v) is 9.77. The fourth-order valence-electron chi connectivity index (χ4n) is 3.63. The molecular formula is C22H23N3O4. The largest absolute Gasteiger partial charge is 0.477 e. The Morgan fingerprint density at radius 2 is 1.83 bits per heavy atom. The third-order valence-electron chi connectivity index (χ3n) is 5.17. The van der Waals surface area contributed by atoms with Gasteiger partial charge >= 0.3 is 0 Å². The average molecular weight is 393 g/mol. The Balaban J connectivity index is 1.47. The molecule has 0 radical (unpaired) electrons. The van der Waals surface area contributed by atoms with Crippen molar-refractivity contribution in [2.24, 2.45) is 0 Å². The number of fused-ring (bicyclic) bond motifs is 1. The van der Waals surface area contributed by atoms with E-state index in [1.165, 1.54) is 0 Å². The lowest BCUT2D eigenvalue weighted by Crippen LogP contribution is -2.52.